The predicted octanol–water partition coefficient (Wildman–Crippen LogP) is 3.01. The SMILES string of the molecule is CN(Cc1ccc2ncccc2c1)C(=O)C[C@H]1CCCOC1. The van der Waals surface area contributed by atoms with Crippen LogP contribution in [0.2, 0.25) is 0 Å². The summed E-state index contributed by atoms with van der Waals surface area (Å²) in [6, 6.07) is 10.1. The van der Waals surface area contributed by atoms with Gasteiger partial charge in [-0.15, -0.1) is 0 Å². The molecule has 116 valence electrons. The molecule has 2 aromatic rings. The Balaban J connectivity index is 1.61. The van der Waals surface area contributed by atoms with Gasteiger partial charge in [0, 0.05) is 44.8 Å². The third-order valence-electron chi connectivity index (χ3n) is 4.23. The lowest BCUT2D eigenvalue weighted by Gasteiger charge is -2.24. The average molecular weight is 298 g/mol. The lowest BCUT2D eigenvalue weighted by Crippen LogP contribution is -2.30. The fourth-order valence-electron chi connectivity index (χ4n) is 2.96. The van der Waals surface area contributed by atoms with Crippen LogP contribution in [-0.2, 0) is 16.1 Å². The third-order valence-corrected chi connectivity index (χ3v) is 4.23. The highest BCUT2D eigenvalue weighted by Crippen LogP contribution is 2.19. The number of carbonyl (C=O) groups is 1. The first-order valence-corrected chi connectivity index (χ1v) is 7.88. The lowest BCUT2D eigenvalue weighted by molar-refractivity contribution is -0.132. The normalized spacial score (nSPS) is 18.3. The highest BCUT2D eigenvalue weighted by atomic mass is 16.5. The Morgan fingerprint density at radius 1 is 1.41 bits per heavy atom. The number of ether oxygens (including phenoxy) is 1. The Bertz CT molecular complexity index is 650. The zero-order chi connectivity index (χ0) is 15.4. The van der Waals surface area contributed by atoms with Gasteiger partial charge in [0.25, 0.3) is 0 Å². The van der Waals surface area contributed by atoms with Gasteiger partial charge in [-0.05, 0) is 42.5 Å². The molecule has 1 aromatic heterocycles. The van der Waals surface area contributed by atoms with Gasteiger partial charge in [-0.25, -0.2) is 0 Å². The monoisotopic (exact) mass is 298 g/mol. The van der Waals surface area contributed by atoms with E-state index in [1.54, 1.807) is 6.20 Å². The highest BCUT2D eigenvalue weighted by molar-refractivity contribution is 5.79. The molecule has 22 heavy (non-hydrogen) atoms. The Morgan fingerprint density at radius 3 is 3.14 bits per heavy atom. The number of rotatable bonds is 4. The van der Waals surface area contributed by atoms with E-state index < -0.39 is 0 Å². The van der Waals surface area contributed by atoms with E-state index in [9.17, 15) is 4.79 Å². The van der Waals surface area contributed by atoms with Crippen molar-refractivity contribution in [2.75, 3.05) is 20.3 Å². The van der Waals surface area contributed by atoms with Crippen molar-refractivity contribution in [3.05, 3.63) is 42.1 Å². The minimum Gasteiger partial charge on any atom is -0.381 e. The molecule has 1 aliphatic rings. The molecule has 0 saturated carbocycles. The molecule has 3 rings (SSSR count). The summed E-state index contributed by atoms with van der Waals surface area (Å²) in [7, 11) is 1.87. The fourth-order valence-corrected chi connectivity index (χ4v) is 2.96. The van der Waals surface area contributed by atoms with Crippen LogP contribution in [0.1, 0.15) is 24.8 Å². The van der Waals surface area contributed by atoms with Crippen LogP contribution < -0.4 is 0 Å². The smallest absolute Gasteiger partial charge is 0.222 e. The van der Waals surface area contributed by atoms with E-state index >= 15 is 0 Å². The standard InChI is InChI=1S/C18H22N2O2/c1-20(18(21)11-15-4-3-9-22-13-15)12-14-6-7-17-16(10-14)5-2-8-19-17/h2,5-8,10,15H,3-4,9,11-13H2,1H3/t15-/m1/s1. The van der Waals surface area contributed by atoms with Crippen LogP contribution in [0, 0.1) is 5.92 Å². The zero-order valence-corrected chi connectivity index (χ0v) is 13.0. The molecule has 0 unspecified atom stereocenters. The molecule has 0 spiro atoms. The molecule has 0 bridgehead atoms. The number of aromatic nitrogens is 1. The molecule has 1 aliphatic heterocycles. The highest BCUT2D eigenvalue weighted by Gasteiger charge is 2.19. The molecule has 0 N–H and O–H groups in total. The van der Waals surface area contributed by atoms with Crippen LogP contribution in [0.5, 0.6) is 0 Å². The number of fused-ring (bicyclic) bond motifs is 1. The van der Waals surface area contributed by atoms with Crippen molar-refractivity contribution in [2.24, 2.45) is 5.92 Å². The number of pyridine rings is 1. The first-order valence-electron chi connectivity index (χ1n) is 7.88. The van der Waals surface area contributed by atoms with Crippen molar-refractivity contribution in [3.8, 4) is 0 Å². The van der Waals surface area contributed by atoms with E-state index in [-0.39, 0.29) is 5.91 Å². The topological polar surface area (TPSA) is 42.4 Å². The van der Waals surface area contributed by atoms with Gasteiger partial charge in [0.1, 0.15) is 0 Å². The first-order chi connectivity index (χ1) is 10.7. The summed E-state index contributed by atoms with van der Waals surface area (Å²) in [5.74, 6) is 0.575. The van der Waals surface area contributed by atoms with Gasteiger partial charge in [-0.1, -0.05) is 12.1 Å². The van der Waals surface area contributed by atoms with Gasteiger partial charge >= 0.3 is 0 Å². The second kappa shape index (κ2) is 6.88. The van der Waals surface area contributed by atoms with E-state index in [1.165, 1.54) is 0 Å². The molecule has 1 aromatic carbocycles. The Hall–Kier alpha value is -1.94. The molecule has 4 heteroatoms. The first kappa shape index (κ1) is 15.0. The molecule has 1 atom stereocenters. The maximum Gasteiger partial charge on any atom is 0.222 e. The van der Waals surface area contributed by atoms with E-state index in [4.69, 9.17) is 4.74 Å². The second-order valence-electron chi connectivity index (χ2n) is 6.07. The molecule has 1 fully saturated rings. The zero-order valence-electron chi connectivity index (χ0n) is 13.0. The summed E-state index contributed by atoms with van der Waals surface area (Å²) >= 11 is 0. The van der Waals surface area contributed by atoms with Gasteiger partial charge in [-0.3, -0.25) is 9.78 Å². The minimum atomic E-state index is 0.196. The molecular weight excluding hydrogens is 276 g/mol. The molecule has 1 saturated heterocycles. The van der Waals surface area contributed by atoms with Gasteiger partial charge in [0.05, 0.1) is 5.52 Å². The number of carbonyl (C=O) groups excluding carboxylic acids is 1. The van der Waals surface area contributed by atoms with Gasteiger partial charge in [-0.2, -0.15) is 0 Å². The van der Waals surface area contributed by atoms with Crippen molar-refractivity contribution in [2.45, 2.75) is 25.8 Å². The summed E-state index contributed by atoms with van der Waals surface area (Å²) in [5.41, 5.74) is 2.12. The molecule has 0 radical (unpaired) electrons. The molecule has 1 amide bonds. The maximum atomic E-state index is 12.3. The molecule has 2 heterocycles. The van der Waals surface area contributed by atoms with Crippen LogP contribution in [0.3, 0.4) is 0 Å². The van der Waals surface area contributed by atoms with Crippen molar-refractivity contribution in [1.82, 2.24) is 9.88 Å². The third kappa shape index (κ3) is 3.63. The van der Waals surface area contributed by atoms with Gasteiger partial charge < -0.3 is 9.64 Å². The van der Waals surface area contributed by atoms with Crippen LogP contribution in [0.25, 0.3) is 10.9 Å². The Kier molecular flexibility index (Phi) is 4.68. The molecule has 4 nitrogen and oxygen atoms in total. The van der Waals surface area contributed by atoms with E-state index in [1.807, 2.05) is 36.2 Å². The van der Waals surface area contributed by atoms with E-state index in [0.717, 1.165) is 42.5 Å². The lowest BCUT2D eigenvalue weighted by atomic mass is 9.98. The van der Waals surface area contributed by atoms with Crippen molar-refractivity contribution in [1.29, 1.82) is 0 Å². The number of benzene rings is 1. The van der Waals surface area contributed by atoms with E-state index in [2.05, 4.69) is 11.1 Å². The average Bonchev–Trinajstić information content (AvgIpc) is 2.55. The summed E-state index contributed by atoms with van der Waals surface area (Å²) in [5, 5.41) is 1.11. The quantitative estimate of drug-likeness (QED) is 0.871. The van der Waals surface area contributed by atoms with Crippen molar-refractivity contribution >= 4 is 16.8 Å². The van der Waals surface area contributed by atoms with Crippen LogP contribution in [0.4, 0.5) is 0 Å². The van der Waals surface area contributed by atoms with Crippen LogP contribution in [0.15, 0.2) is 36.5 Å². The largest absolute Gasteiger partial charge is 0.381 e. The Morgan fingerprint density at radius 2 is 2.32 bits per heavy atom. The molecular formula is C18H22N2O2. The van der Waals surface area contributed by atoms with Gasteiger partial charge in [0.2, 0.25) is 5.91 Å². The van der Waals surface area contributed by atoms with Gasteiger partial charge in [0.15, 0.2) is 0 Å². The molecule has 0 aliphatic carbocycles. The number of hydrogen-bond acceptors (Lipinski definition) is 3. The maximum absolute atomic E-state index is 12.3. The van der Waals surface area contributed by atoms with Crippen LogP contribution in [-0.4, -0.2) is 36.1 Å². The number of amides is 1. The van der Waals surface area contributed by atoms with Crippen molar-refractivity contribution in [3.63, 3.8) is 0 Å². The number of hydrogen-bond donors (Lipinski definition) is 0. The van der Waals surface area contributed by atoms with E-state index in [0.29, 0.717) is 18.9 Å². The Labute approximate surface area is 131 Å². The summed E-state index contributed by atoms with van der Waals surface area (Å²) < 4.78 is 5.45. The van der Waals surface area contributed by atoms with Crippen LogP contribution >= 0.6 is 0 Å². The second-order valence-corrected chi connectivity index (χ2v) is 6.07. The predicted molar refractivity (Wildman–Crippen MR) is 86.4 cm³/mol. The summed E-state index contributed by atoms with van der Waals surface area (Å²) in [6.45, 7) is 2.20. The fraction of sp³-hybridized carbons (Fsp3) is 0.444. The van der Waals surface area contributed by atoms with Crippen molar-refractivity contribution < 1.29 is 9.53 Å². The summed E-state index contributed by atoms with van der Waals surface area (Å²) in [4.78, 5) is 18.5. The summed E-state index contributed by atoms with van der Waals surface area (Å²) in [6.07, 6.45) is 4.55. The number of nitrogens with zero attached hydrogens (tertiary/aromatic N) is 2. The minimum absolute atomic E-state index is 0.196.